The van der Waals surface area contributed by atoms with Crippen molar-refractivity contribution in [1.82, 2.24) is 0 Å². The van der Waals surface area contributed by atoms with Gasteiger partial charge in [0.05, 0.1) is 6.61 Å². The molecule has 1 saturated carbocycles. The second-order valence-corrected chi connectivity index (χ2v) is 5.57. The lowest BCUT2D eigenvalue weighted by molar-refractivity contribution is -0.340. The SMILES string of the molecule is CC(C)(C)C1CCC(CO)(OO)CC1. The van der Waals surface area contributed by atoms with Crippen LogP contribution in [0.4, 0.5) is 0 Å². The average molecular weight is 202 g/mol. The third kappa shape index (κ3) is 2.47. The third-order valence-electron chi connectivity index (χ3n) is 3.60. The molecule has 0 spiro atoms. The largest absolute Gasteiger partial charge is 0.393 e. The van der Waals surface area contributed by atoms with Gasteiger partial charge in [-0.1, -0.05) is 20.8 Å². The van der Waals surface area contributed by atoms with E-state index in [4.69, 9.17) is 10.4 Å². The molecular formula is C11H22O3. The first-order valence-electron chi connectivity index (χ1n) is 5.37. The maximum absolute atomic E-state index is 9.15. The zero-order valence-corrected chi connectivity index (χ0v) is 9.42. The monoisotopic (exact) mass is 202 g/mol. The highest BCUT2D eigenvalue weighted by Gasteiger charge is 2.39. The lowest BCUT2D eigenvalue weighted by atomic mass is 9.68. The van der Waals surface area contributed by atoms with Crippen molar-refractivity contribution in [1.29, 1.82) is 0 Å². The van der Waals surface area contributed by atoms with Crippen molar-refractivity contribution in [3.05, 3.63) is 0 Å². The van der Waals surface area contributed by atoms with Gasteiger partial charge in [0.2, 0.25) is 0 Å². The van der Waals surface area contributed by atoms with Crippen LogP contribution in [0.5, 0.6) is 0 Å². The summed E-state index contributed by atoms with van der Waals surface area (Å²) >= 11 is 0. The van der Waals surface area contributed by atoms with E-state index in [1.165, 1.54) is 0 Å². The molecule has 0 radical (unpaired) electrons. The fourth-order valence-corrected chi connectivity index (χ4v) is 2.29. The highest BCUT2D eigenvalue weighted by molar-refractivity contribution is 4.89. The van der Waals surface area contributed by atoms with Gasteiger partial charge in [-0.3, -0.25) is 5.26 Å². The Kier molecular flexibility index (Phi) is 3.56. The summed E-state index contributed by atoms with van der Waals surface area (Å²) in [4.78, 5) is 4.44. The molecule has 0 bridgehead atoms. The van der Waals surface area contributed by atoms with Crippen molar-refractivity contribution in [2.45, 2.75) is 52.1 Å². The van der Waals surface area contributed by atoms with Crippen LogP contribution in [0.15, 0.2) is 0 Å². The van der Waals surface area contributed by atoms with Gasteiger partial charge in [0.1, 0.15) is 5.60 Å². The Labute approximate surface area is 86.0 Å². The standard InChI is InChI=1S/C11H22O3/c1-10(2,3)9-4-6-11(8-12,14-13)7-5-9/h9,12-13H,4-8H2,1-3H3. The maximum Gasteiger partial charge on any atom is 0.126 e. The molecule has 1 fully saturated rings. The minimum atomic E-state index is -0.679. The summed E-state index contributed by atoms with van der Waals surface area (Å²) in [5.74, 6) is 0.664. The Bertz CT molecular complexity index is 169. The van der Waals surface area contributed by atoms with Crippen LogP contribution >= 0.6 is 0 Å². The van der Waals surface area contributed by atoms with Gasteiger partial charge in [-0.2, -0.15) is 0 Å². The van der Waals surface area contributed by atoms with E-state index in [9.17, 15) is 0 Å². The van der Waals surface area contributed by atoms with E-state index in [1.807, 2.05) is 0 Å². The number of hydrogen-bond donors (Lipinski definition) is 2. The minimum absolute atomic E-state index is 0.0830. The van der Waals surface area contributed by atoms with Crippen LogP contribution in [0.3, 0.4) is 0 Å². The van der Waals surface area contributed by atoms with Crippen molar-refractivity contribution in [3.8, 4) is 0 Å². The number of rotatable bonds is 2. The molecule has 3 nitrogen and oxygen atoms in total. The molecule has 84 valence electrons. The molecule has 0 atom stereocenters. The van der Waals surface area contributed by atoms with Crippen molar-refractivity contribution < 1.29 is 15.3 Å². The highest BCUT2D eigenvalue weighted by Crippen LogP contribution is 2.42. The second-order valence-electron chi connectivity index (χ2n) is 5.57. The van der Waals surface area contributed by atoms with Crippen LogP contribution < -0.4 is 0 Å². The highest BCUT2D eigenvalue weighted by atomic mass is 17.1. The first-order valence-corrected chi connectivity index (χ1v) is 5.37. The van der Waals surface area contributed by atoms with E-state index in [0.29, 0.717) is 11.3 Å². The van der Waals surface area contributed by atoms with E-state index in [0.717, 1.165) is 25.7 Å². The van der Waals surface area contributed by atoms with Gasteiger partial charge in [-0.15, -0.1) is 0 Å². The quantitative estimate of drug-likeness (QED) is 0.534. The van der Waals surface area contributed by atoms with E-state index >= 15 is 0 Å². The summed E-state index contributed by atoms with van der Waals surface area (Å²) in [5.41, 5.74) is -0.362. The topological polar surface area (TPSA) is 49.7 Å². The summed E-state index contributed by atoms with van der Waals surface area (Å²) in [5, 5.41) is 17.9. The third-order valence-corrected chi connectivity index (χ3v) is 3.60. The van der Waals surface area contributed by atoms with Crippen molar-refractivity contribution >= 4 is 0 Å². The first-order chi connectivity index (χ1) is 6.43. The van der Waals surface area contributed by atoms with E-state index < -0.39 is 5.60 Å². The molecule has 0 aromatic heterocycles. The maximum atomic E-state index is 9.15. The number of hydrogen-bond acceptors (Lipinski definition) is 3. The zero-order valence-electron chi connectivity index (χ0n) is 9.42. The lowest BCUT2D eigenvalue weighted by Gasteiger charge is -2.41. The minimum Gasteiger partial charge on any atom is -0.393 e. The van der Waals surface area contributed by atoms with Crippen molar-refractivity contribution in [2.75, 3.05) is 6.61 Å². The molecule has 0 aromatic rings. The first kappa shape index (κ1) is 12.0. The summed E-state index contributed by atoms with van der Waals surface area (Å²) in [6.45, 7) is 6.64. The van der Waals surface area contributed by atoms with E-state index in [1.54, 1.807) is 0 Å². The Morgan fingerprint density at radius 3 is 2.07 bits per heavy atom. The van der Waals surface area contributed by atoms with Gasteiger partial charge in [0.25, 0.3) is 0 Å². The van der Waals surface area contributed by atoms with Gasteiger partial charge in [-0.05, 0) is 37.0 Å². The summed E-state index contributed by atoms with van der Waals surface area (Å²) < 4.78 is 0. The average Bonchev–Trinajstić information content (AvgIpc) is 2.16. The molecule has 0 aliphatic heterocycles. The molecule has 0 amide bonds. The van der Waals surface area contributed by atoms with Gasteiger partial charge in [0, 0.05) is 0 Å². The van der Waals surface area contributed by atoms with Crippen LogP contribution in [0.25, 0.3) is 0 Å². The van der Waals surface area contributed by atoms with Crippen LogP contribution in [-0.2, 0) is 4.89 Å². The van der Waals surface area contributed by atoms with Gasteiger partial charge in [-0.25, -0.2) is 4.89 Å². The van der Waals surface area contributed by atoms with Crippen LogP contribution in [0.2, 0.25) is 0 Å². The van der Waals surface area contributed by atoms with Crippen molar-refractivity contribution in [3.63, 3.8) is 0 Å². The van der Waals surface area contributed by atoms with Crippen LogP contribution in [-0.4, -0.2) is 22.6 Å². The molecule has 1 rings (SSSR count). The fraction of sp³-hybridized carbons (Fsp3) is 1.00. The summed E-state index contributed by atoms with van der Waals surface area (Å²) in [6, 6.07) is 0. The molecule has 0 aromatic carbocycles. The molecular weight excluding hydrogens is 180 g/mol. The van der Waals surface area contributed by atoms with E-state index in [-0.39, 0.29) is 6.61 Å². The molecule has 3 heteroatoms. The van der Waals surface area contributed by atoms with Crippen molar-refractivity contribution in [2.24, 2.45) is 11.3 Å². The Morgan fingerprint density at radius 2 is 1.79 bits per heavy atom. The molecule has 0 heterocycles. The molecule has 0 saturated heterocycles. The number of aliphatic hydroxyl groups is 1. The smallest absolute Gasteiger partial charge is 0.126 e. The number of aliphatic hydroxyl groups excluding tert-OH is 1. The predicted octanol–water partition coefficient (Wildman–Crippen LogP) is 2.44. The molecule has 2 N–H and O–H groups in total. The van der Waals surface area contributed by atoms with Gasteiger partial charge in [0.15, 0.2) is 0 Å². The van der Waals surface area contributed by atoms with Crippen LogP contribution in [0, 0.1) is 11.3 Å². The molecule has 14 heavy (non-hydrogen) atoms. The molecule has 1 aliphatic rings. The zero-order chi connectivity index (χ0) is 10.8. The lowest BCUT2D eigenvalue weighted by Crippen LogP contribution is -2.42. The molecule has 1 aliphatic carbocycles. The van der Waals surface area contributed by atoms with Gasteiger partial charge >= 0.3 is 0 Å². The molecule has 0 unspecified atom stereocenters. The Balaban J connectivity index is 2.53. The summed E-state index contributed by atoms with van der Waals surface area (Å²) in [6.07, 6.45) is 3.54. The second kappa shape index (κ2) is 4.17. The Hall–Kier alpha value is -0.120. The normalized spacial score (nSPS) is 34.5. The van der Waals surface area contributed by atoms with Gasteiger partial charge < -0.3 is 5.11 Å². The Morgan fingerprint density at radius 1 is 1.29 bits per heavy atom. The summed E-state index contributed by atoms with van der Waals surface area (Å²) in [7, 11) is 0. The fourth-order valence-electron chi connectivity index (χ4n) is 2.29. The van der Waals surface area contributed by atoms with Crippen LogP contribution in [0.1, 0.15) is 46.5 Å². The van der Waals surface area contributed by atoms with E-state index in [2.05, 4.69) is 25.7 Å². The predicted molar refractivity (Wildman–Crippen MR) is 54.9 cm³/mol.